The number of nitrogens with zero attached hydrogens (tertiary/aromatic N) is 5. The van der Waals surface area contributed by atoms with Crippen LogP contribution in [0.3, 0.4) is 0 Å². The Labute approximate surface area is 458 Å². The molecular weight excluding hydrogens is 1030 g/mol. The highest BCUT2D eigenvalue weighted by molar-refractivity contribution is 7.92. The summed E-state index contributed by atoms with van der Waals surface area (Å²) in [4.78, 5) is 77.3. The van der Waals surface area contributed by atoms with Gasteiger partial charge in [0, 0.05) is 63.5 Å². The average molecular weight is 1100 g/mol. The van der Waals surface area contributed by atoms with Gasteiger partial charge in [0.1, 0.15) is 23.6 Å². The van der Waals surface area contributed by atoms with E-state index in [-0.39, 0.29) is 51.2 Å². The lowest BCUT2D eigenvalue weighted by molar-refractivity contribution is -0.141. The van der Waals surface area contributed by atoms with Gasteiger partial charge in [-0.05, 0) is 116 Å². The molecule has 2 fully saturated rings. The molecule has 0 aliphatic carbocycles. The maximum Gasteiger partial charge on any atom is 0.328 e. The highest BCUT2D eigenvalue weighted by atomic mass is 32.2. The number of fused-ring (bicyclic) bond motifs is 1. The first kappa shape index (κ1) is 55.0. The number of sulfonamides is 1. The van der Waals surface area contributed by atoms with Crippen molar-refractivity contribution < 1.29 is 37.1 Å². The van der Waals surface area contributed by atoms with E-state index in [4.69, 9.17) is 9.47 Å². The van der Waals surface area contributed by atoms with Crippen LogP contribution in [-0.2, 0) is 40.3 Å². The van der Waals surface area contributed by atoms with E-state index < -0.39 is 33.4 Å². The largest absolute Gasteiger partial charge is 0.493 e. The second-order valence-electron chi connectivity index (χ2n) is 21.1. The topological polar surface area (TPSA) is 203 Å². The summed E-state index contributed by atoms with van der Waals surface area (Å²) in [7, 11) is -1.07. The molecule has 0 bridgehead atoms. The molecule has 78 heavy (non-hydrogen) atoms. The number of aromatic nitrogens is 3. The number of ether oxygens (including phenoxy) is 2. The number of rotatable bonds is 17. The van der Waals surface area contributed by atoms with Gasteiger partial charge in [0.2, 0.25) is 11.8 Å². The Morgan fingerprint density at radius 1 is 0.821 bits per heavy atom. The number of carbonyl (C=O) groups excluding carboxylic acids is 4. The van der Waals surface area contributed by atoms with E-state index in [2.05, 4.69) is 20.3 Å². The zero-order chi connectivity index (χ0) is 55.5. The summed E-state index contributed by atoms with van der Waals surface area (Å²) >= 11 is 1.59. The molecule has 17 nitrogen and oxygen atoms in total. The fraction of sp³-hybridized carbons (Fsp3) is 0.356. The molecule has 19 heteroatoms. The third kappa shape index (κ3) is 12.0. The number of hydrogen-bond acceptors (Lipinski definition) is 11. The number of aryl methyl sites for hydroxylation is 3. The van der Waals surface area contributed by atoms with Gasteiger partial charge in [-0.1, -0.05) is 76.2 Å². The molecule has 2 aliphatic heterocycles. The average Bonchev–Trinajstić information content (AvgIpc) is 4.21. The molecule has 0 saturated carbocycles. The number of benzene rings is 5. The molecule has 2 aliphatic rings. The van der Waals surface area contributed by atoms with E-state index in [0.29, 0.717) is 86.6 Å². The molecule has 7 aromatic rings. The Kier molecular flexibility index (Phi) is 16.3. The van der Waals surface area contributed by atoms with Crippen LogP contribution < -0.4 is 30.5 Å². The van der Waals surface area contributed by atoms with Gasteiger partial charge in [-0.3, -0.25) is 33.0 Å². The number of nitrogens with one attached hydrogen (secondary N) is 3. The SMILES string of the molecule is CCCOc1cccc(Oc2cc3c(cc2NS(=O)(=O)c2cccc(C(=O)N4CCC(c5ccc(C(=O)NC(C(=O)N6CCC[C@H]6C(=O)NCc6ccc(-c7scnc7C)cc6)C(C)(C)C)cc5)CC4)c2)n(C)c(=O)n3C)c1. The van der Waals surface area contributed by atoms with Crippen LogP contribution in [0, 0.1) is 12.3 Å². The molecule has 2 aromatic heterocycles. The molecular formula is C59H66N8O9S2. The third-order valence-corrected chi connectivity index (χ3v) is 16.9. The fourth-order valence-electron chi connectivity index (χ4n) is 10.2. The third-order valence-electron chi connectivity index (χ3n) is 14.6. The zero-order valence-corrected chi connectivity index (χ0v) is 46.6. The van der Waals surface area contributed by atoms with E-state index in [1.807, 2.05) is 76.5 Å². The standard InChI is InChI=1S/C59H66N8O9S2/c1-8-30-75-44-13-10-14-45(32-44)76-51-34-50-49(64(6)58(72)65(50)7)33-47(51)63-78(73,74)46-15-9-12-43(31-46)56(70)66-28-25-40(26-29-66)39-21-23-42(24-22-39)54(68)62-53(59(3,4)5)57(71)67-27-11-16-48(67)55(69)60-35-38-17-19-41(20-18-38)52-37(2)61-36-77-52/h9-10,12-15,17-24,31-34,36,40,48,53,63H,8,11,16,25-30,35H2,1-7H3,(H,60,69)(H,62,68)/t48-,53?/m0/s1. The summed E-state index contributed by atoms with van der Waals surface area (Å²) < 4.78 is 45.9. The van der Waals surface area contributed by atoms with Crippen LogP contribution in [0.25, 0.3) is 21.5 Å². The zero-order valence-electron chi connectivity index (χ0n) is 45.0. The summed E-state index contributed by atoms with van der Waals surface area (Å²) in [5.41, 5.74) is 6.56. The van der Waals surface area contributed by atoms with Crippen LogP contribution in [0.15, 0.2) is 124 Å². The highest BCUT2D eigenvalue weighted by Crippen LogP contribution is 2.37. The van der Waals surface area contributed by atoms with E-state index in [1.165, 1.54) is 27.3 Å². The van der Waals surface area contributed by atoms with Gasteiger partial charge < -0.3 is 29.9 Å². The van der Waals surface area contributed by atoms with E-state index >= 15 is 0 Å². The molecule has 4 heterocycles. The van der Waals surface area contributed by atoms with Crippen molar-refractivity contribution in [1.29, 1.82) is 0 Å². The van der Waals surface area contributed by atoms with Crippen molar-refractivity contribution >= 4 is 61.7 Å². The molecule has 5 aromatic carbocycles. The van der Waals surface area contributed by atoms with Crippen molar-refractivity contribution in [2.24, 2.45) is 19.5 Å². The van der Waals surface area contributed by atoms with E-state index in [0.717, 1.165) is 33.7 Å². The normalized spacial score (nSPS) is 15.5. The van der Waals surface area contributed by atoms with Gasteiger partial charge in [-0.15, -0.1) is 11.3 Å². The minimum atomic E-state index is -4.30. The number of imidazole rings is 1. The Morgan fingerprint density at radius 2 is 1.51 bits per heavy atom. The summed E-state index contributed by atoms with van der Waals surface area (Å²) in [6, 6.07) is 29.8. The van der Waals surface area contributed by atoms with Gasteiger partial charge in [0.05, 0.1) is 44.3 Å². The van der Waals surface area contributed by atoms with Crippen LogP contribution in [-0.4, -0.2) is 94.3 Å². The molecule has 408 valence electrons. The first-order valence-corrected chi connectivity index (χ1v) is 28.7. The summed E-state index contributed by atoms with van der Waals surface area (Å²) in [6.45, 7) is 11.8. The molecule has 0 spiro atoms. The van der Waals surface area contributed by atoms with Crippen molar-refractivity contribution in [3.8, 4) is 27.7 Å². The molecule has 1 unspecified atom stereocenters. The Bertz CT molecular complexity index is 3540. The maximum atomic E-state index is 14.3. The van der Waals surface area contributed by atoms with Gasteiger partial charge in [0.25, 0.3) is 21.8 Å². The monoisotopic (exact) mass is 1090 g/mol. The van der Waals surface area contributed by atoms with Gasteiger partial charge in [-0.25, -0.2) is 18.2 Å². The lowest BCUT2D eigenvalue weighted by Gasteiger charge is -2.35. The molecule has 9 rings (SSSR count). The number of carbonyl (C=O) groups is 4. The lowest BCUT2D eigenvalue weighted by atomic mass is 9.85. The van der Waals surface area contributed by atoms with Crippen molar-refractivity contribution in [2.75, 3.05) is 31.0 Å². The van der Waals surface area contributed by atoms with Crippen molar-refractivity contribution in [3.05, 3.63) is 153 Å². The summed E-state index contributed by atoms with van der Waals surface area (Å²) in [6.07, 6.45) is 3.29. The molecule has 2 saturated heterocycles. The minimum Gasteiger partial charge on any atom is -0.493 e. The number of likely N-dealkylation sites (tertiary alicyclic amines) is 2. The van der Waals surface area contributed by atoms with Crippen LogP contribution in [0.2, 0.25) is 0 Å². The maximum absolute atomic E-state index is 14.3. The molecule has 2 atom stereocenters. The first-order chi connectivity index (χ1) is 37.3. The Hall–Kier alpha value is -7.77. The Balaban J connectivity index is 0.806. The predicted molar refractivity (Wildman–Crippen MR) is 302 cm³/mol. The van der Waals surface area contributed by atoms with Crippen LogP contribution >= 0.6 is 11.3 Å². The lowest BCUT2D eigenvalue weighted by Crippen LogP contribution is -2.57. The van der Waals surface area contributed by atoms with Gasteiger partial charge in [-0.2, -0.15) is 0 Å². The Morgan fingerprint density at radius 3 is 2.19 bits per heavy atom. The predicted octanol–water partition coefficient (Wildman–Crippen LogP) is 9.16. The summed E-state index contributed by atoms with van der Waals surface area (Å²) in [5, 5.41) is 6.03. The second kappa shape index (κ2) is 23.1. The minimum absolute atomic E-state index is 0.0893. The molecule has 0 radical (unpaired) electrons. The highest BCUT2D eigenvalue weighted by Gasteiger charge is 2.42. The number of piperidine rings is 1. The van der Waals surface area contributed by atoms with Crippen LogP contribution in [0.5, 0.6) is 17.2 Å². The first-order valence-electron chi connectivity index (χ1n) is 26.3. The van der Waals surface area contributed by atoms with Crippen molar-refractivity contribution in [2.45, 2.75) is 96.2 Å². The number of hydrogen-bond donors (Lipinski definition) is 3. The molecule has 4 amide bonds. The number of amides is 4. The van der Waals surface area contributed by atoms with Gasteiger partial charge >= 0.3 is 5.69 Å². The number of thiazole rings is 1. The quantitative estimate of drug-likeness (QED) is 0.0789. The van der Waals surface area contributed by atoms with Crippen molar-refractivity contribution in [3.63, 3.8) is 0 Å². The van der Waals surface area contributed by atoms with E-state index in [1.54, 1.807) is 89.8 Å². The van der Waals surface area contributed by atoms with Crippen LogP contribution in [0.4, 0.5) is 5.69 Å². The molecule has 3 N–H and O–H groups in total. The van der Waals surface area contributed by atoms with E-state index in [9.17, 15) is 32.4 Å². The number of anilines is 1. The second-order valence-corrected chi connectivity index (χ2v) is 23.7. The van der Waals surface area contributed by atoms with Gasteiger partial charge in [0.15, 0.2) is 5.75 Å². The smallest absolute Gasteiger partial charge is 0.328 e. The van der Waals surface area contributed by atoms with Crippen molar-refractivity contribution in [1.82, 2.24) is 34.6 Å². The fourth-order valence-corrected chi connectivity index (χ4v) is 12.1. The van der Waals surface area contributed by atoms with Crippen LogP contribution in [0.1, 0.15) is 103 Å². The summed E-state index contributed by atoms with van der Waals surface area (Å²) in [5.74, 6) is 0.00335.